The Morgan fingerprint density at radius 3 is 2.41 bits per heavy atom. The summed E-state index contributed by atoms with van der Waals surface area (Å²) in [7, 11) is 1.60. The first-order valence-corrected chi connectivity index (χ1v) is 12.1. The summed E-state index contributed by atoms with van der Waals surface area (Å²) in [5.41, 5.74) is 2.52. The molecule has 0 radical (unpaired) electrons. The molecule has 3 aromatic carbocycles. The molecule has 3 aromatic rings. The first-order valence-electron chi connectivity index (χ1n) is 10.5. The van der Waals surface area contributed by atoms with Gasteiger partial charge in [0.05, 0.1) is 24.3 Å². The van der Waals surface area contributed by atoms with Gasteiger partial charge in [-0.2, -0.15) is 0 Å². The number of benzene rings is 3. The molecule has 0 saturated carbocycles. The third-order valence-corrected chi connectivity index (χ3v) is 6.55. The van der Waals surface area contributed by atoms with E-state index < -0.39 is 0 Å². The summed E-state index contributed by atoms with van der Waals surface area (Å²) in [6, 6.07) is 20.3. The number of hydrogen-bond acceptors (Lipinski definition) is 6. The number of anilines is 1. The Kier molecular flexibility index (Phi) is 7.77. The molecule has 0 spiro atoms. The highest BCUT2D eigenvalue weighted by Gasteiger charge is 2.33. The summed E-state index contributed by atoms with van der Waals surface area (Å²) >= 11 is 12.7. The van der Waals surface area contributed by atoms with E-state index in [1.54, 1.807) is 19.2 Å². The van der Waals surface area contributed by atoms with E-state index in [9.17, 15) is 4.79 Å². The molecule has 0 atom stereocenters. The third kappa shape index (κ3) is 5.55. The first kappa shape index (κ1) is 24.1. The summed E-state index contributed by atoms with van der Waals surface area (Å²) in [5, 5.41) is 0.681. The zero-order valence-electron chi connectivity index (χ0n) is 18.6. The van der Waals surface area contributed by atoms with Gasteiger partial charge in [0.2, 0.25) is 0 Å². The second-order valence-electron chi connectivity index (χ2n) is 7.27. The molecular weight excluding hydrogens is 490 g/mol. The van der Waals surface area contributed by atoms with E-state index in [2.05, 4.69) is 0 Å². The van der Waals surface area contributed by atoms with Crippen molar-refractivity contribution in [3.8, 4) is 17.2 Å². The molecule has 1 heterocycles. The lowest BCUT2D eigenvalue weighted by atomic mass is 10.1. The third-order valence-electron chi connectivity index (χ3n) is 5.00. The van der Waals surface area contributed by atoms with Crippen molar-refractivity contribution in [2.24, 2.45) is 0 Å². The lowest BCUT2D eigenvalue weighted by Gasteiger charge is -2.15. The number of halogens is 1. The minimum atomic E-state index is -0.166. The normalized spacial score (nSPS) is 14.6. The molecule has 1 aliphatic heterocycles. The molecule has 1 fully saturated rings. The van der Waals surface area contributed by atoms with Crippen LogP contribution in [0.25, 0.3) is 6.08 Å². The molecule has 174 valence electrons. The van der Waals surface area contributed by atoms with Crippen molar-refractivity contribution >= 4 is 57.6 Å². The van der Waals surface area contributed by atoms with Crippen LogP contribution in [-0.2, 0) is 11.4 Å². The molecule has 0 aliphatic carbocycles. The van der Waals surface area contributed by atoms with Crippen LogP contribution in [0.15, 0.2) is 71.6 Å². The van der Waals surface area contributed by atoms with E-state index in [1.165, 1.54) is 16.7 Å². The van der Waals surface area contributed by atoms with Gasteiger partial charge in [0, 0.05) is 5.02 Å². The van der Waals surface area contributed by atoms with Crippen LogP contribution in [0, 0.1) is 0 Å². The monoisotopic (exact) mass is 511 g/mol. The van der Waals surface area contributed by atoms with Crippen LogP contribution >= 0.6 is 35.6 Å². The number of nitrogens with zero attached hydrogens (tertiary/aromatic N) is 1. The lowest BCUT2D eigenvalue weighted by Crippen LogP contribution is -2.27. The summed E-state index contributed by atoms with van der Waals surface area (Å²) in [4.78, 5) is 15.2. The SMILES string of the molecule is CCOc1cc(C=C2SC(=S)N(c3ccc(OC)cc3)C2=O)ccc1OCc1ccc(Cl)cc1. The number of ether oxygens (including phenoxy) is 3. The number of methoxy groups -OCH3 is 1. The minimum Gasteiger partial charge on any atom is -0.497 e. The summed E-state index contributed by atoms with van der Waals surface area (Å²) in [5.74, 6) is 1.78. The molecule has 4 rings (SSSR count). The van der Waals surface area contributed by atoms with Gasteiger partial charge in [0.15, 0.2) is 15.8 Å². The highest BCUT2D eigenvalue weighted by molar-refractivity contribution is 8.27. The Bertz CT molecular complexity index is 1230. The van der Waals surface area contributed by atoms with Gasteiger partial charge in [-0.1, -0.05) is 53.8 Å². The maximum atomic E-state index is 13.1. The highest BCUT2D eigenvalue weighted by Crippen LogP contribution is 2.38. The van der Waals surface area contributed by atoms with Crippen molar-refractivity contribution in [2.75, 3.05) is 18.6 Å². The molecule has 8 heteroatoms. The molecule has 0 unspecified atom stereocenters. The Morgan fingerprint density at radius 2 is 1.74 bits per heavy atom. The van der Waals surface area contributed by atoms with Gasteiger partial charge in [-0.05, 0) is 72.7 Å². The van der Waals surface area contributed by atoms with Gasteiger partial charge in [0.1, 0.15) is 12.4 Å². The van der Waals surface area contributed by atoms with Crippen molar-refractivity contribution in [2.45, 2.75) is 13.5 Å². The maximum absolute atomic E-state index is 13.1. The Morgan fingerprint density at radius 1 is 1.00 bits per heavy atom. The zero-order chi connectivity index (χ0) is 24.1. The van der Waals surface area contributed by atoms with Crippen LogP contribution in [0.3, 0.4) is 0 Å². The zero-order valence-corrected chi connectivity index (χ0v) is 21.0. The number of amides is 1. The number of thioether (sulfide) groups is 1. The van der Waals surface area contributed by atoms with Crippen molar-refractivity contribution in [3.63, 3.8) is 0 Å². The largest absolute Gasteiger partial charge is 0.497 e. The van der Waals surface area contributed by atoms with Crippen molar-refractivity contribution in [1.29, 1.82) is 0 Å². The highest BCUT2D eigenvalue weighted by atomic mass is 35.5. The smallest absolute Gasteiger partial charge is 0.270 e. The molecule has 0 N–H and O–H groups in total. The van der Waals surface area contributed by atoms with Gasteiger partial charge in [-0.25, -0.2) is 0 Å². The number of hydrogen-bond donors (Lipinski definition) is 0. The van der Waals surface area contributed by atoms with E-state index in [1.807, 2.05) is 67.6 Å². The molecule has 5 nitrogen and oxygen atoms in total. The van der Waals surface area contributed by atoms with Crippen LogP contribution in [0.5, 0.6) is 17.2 Å². The van der Waals surface area contributed by atoms with Gasteiger partial charge in [0.25, 0.3) is 5.91 Å². The lowest BCUT2D eigenvalue weighted by molar-refractivity contribution is -0.113. The van der Waals surface area contributed by atoms with Crippen molar-refractivity contribution in [1.82, 2.24) is 0 Å². The number of rotatable bonds is 8. The van der Waals surface area contributed by atoms with Gasteiger partial charge in [-0.15, -0.1) is 0 Å². The molecule has 1 saturated heterocycles. The minimum absolute atomic E-state index is 0.166. The second kappa shape index (κ2) is 11.0. The Labute approximate surface area is 213 Å². The fourth-order valence-corrected chi connectivity index (χ4v) is 4.74. The quantitative estimate of drug-likeness (QED) is 0.247. The summed E-state index contributed by atoms with van der Waals surface area (Å²) in [6.07, 6.45) is 1.81. The molecule has 34 heavy (non-hydrogen) atoms. The summed E-state index contributed by atoms with van der Waals surface area (Å²) in [6.45, 7) is 2.78. The van der Waals surface area contributed by atoms with Gasteiger partial charge < -0.3 is 14.2 Å². The number of carbonyl (C=O) groups is 1. The average molecular weight is 512 g/mol. The van der Waals surface area contributed by atoms with Crippen LogP contribution in [0.2, 0.25) is 5.02 Å². The van der Waals surface area contributed by atoms with E-state index >= 15 is 0 Å². The van der Waals surface area contributed by atoms with E-state index in [-0.39, 0.29) is 5.91 Å². The van der Waals surface area contributed by atoms with Crippen LogP contribution < -0.4 is 19.1 Å². The first-order chi connectivity index (χ1) is 16.5. The maximum Gasteiger partial charge on any atom is 0.270 e. The van der Waals surface area contributed by atoms with Crippen LogP contribution in [-0.4, -0.2) is 23.9 Å². The van der Waals surface area contributed by atoms with E-state index in [0.29, 0.717) is 50.4 Å². The standard InChI is InChI=1S/C26H22ClNO4S2/c1-3-31-23-14-18(6-13-22(23)32-16-17-4-7-19(27)8-5-17)15-24-25(29)28(26(33)34-24)20-9-11-21(30-2)12-10-20/h4-15H,3,16H2,1-2H3. The molecule has 0 aromatic heterocycles. The fourth-order valence-electron chi connectivity index (χ4n) is 3.32. The summed E-state index contributed by atoms with van der Waals surface area (Å²) < 4.78 is 17.4. The van der Waals surface area contributed by atoms with Crippen molar-refractivity contribution < 1.29 is 19.0 Å². The number of carbonyl (C=O) groups excluding carboxylic acids is 1. The van der Waals surface area contributed by atoms with E-state index in [4.69, 9.17) is 38.0 Å². The van der Waals surface area contributed by atoms with Crippen LogP contribution in [0.1, 0.15) is 18.1 Å². The second-order valence-corrected chi connectivity index (χ2v) is 9.38. The fraction of sp³-hybridized carbons (Fsp3) is 0.154. The predicted molar refractivity (Wildman–Crippen MR) is 142 cm³/mol. The average Bonchev–Trinajstić information content (AvgIpc) is 3.12. The van der Waals surface area contributed by atoms with Crippen LogP contribution in [0.4, 0.5) is 5.69 Å². The Hall–Kier alpha value is -3.00. The molecule has 1 amide bonds. The van der Waals surface area contributed by atoms with E-state index in [0.717, 1.165) is 11.1 Å². The number of thiocarbonyl (C=S) groups is 1. The Balaban J connectivity index is 1.53. The molecule has 0 bridgehead atoms. The van der Waals surface area contributed by atoms with Crippen molar-refractivity contribution in [3.05, 3.63) is 87.8 Å². The molecule has 1 aliphatic rings. The predicted octanol–water partition coefficient (Wildman–Crippen LogP) is 6.73. The van der Waals surface area contributed by atoms with Gasteiger partial charge in [-0.3, -0.25) is 9.69 Å². The topological polar surface area (TPSA) is 48.0 Å². The molecular formula is C26H22ClNO4S2. The van der Waals surface area contributed by atoms with Gasteiger partial charge >= 0.3 is 0 Å².